The van der Waals surface area contributed by atoms with Gasteiger partial charge in [0.15, 0.2) is 5.79 Å². The number of nitrogens with zero attached hydrogens (tertiary/aromatic N) is 3. The van der Waals surface area contributed by atoms with Crippen LogP contribution < -0.4 is 15.0 Å². The van der Waals surface area contributed by atoms with Crippen LogP contribution in [-0.2, 0) is 20.6 Å². The zero-order chi connectivity index (χ0) is 31.5. The molecule has 0 saturated carbocycles. The zero-order valence-electron chi connectivity index (χ0n) is 26.5. The lowest BCUT2D eigenvalue weighted by Crippen LogP contribution is -2.66. The van der Waals surface area contributed by atoms with Gasteiger partial charge in [-0.3, -0.25) is 0 Å². The van der Waals surface area contributed by atoms with Gasteiger partial charge in [-0.05, 0) is 89.4 Å². The summed E-state index contributed by atoms with van der Waals surface area (Å²) in [6, 6.07) is 11.6. The predicted octanol–water partition coefficient (Wildman–Crippen LogP) is 7.03. The molecular weight excluding hydrogens is 584 g/mol. The molecule has 0 spiro atoms. The predicted molar refractivity (Wildman–Crippen MR) is 169 cm³/mol. The molecule has 11 heteroatoms. The maximum absolute atomic E-state index is 12.8. The van der Waals surface area contributed by atoms with Crippen molar-refractivity contribution in [3.05, 3.63) is 47.0 Å². The Morgan fingerprint density at radius 3 is 2.55 bits per heavy atom. The molecule has 2 aliphatic heterocycles. The van der Waals surface area contributed by atoms with E-state index in [-0.39, 0.29) is 0 Å². The Morgan fingerprint density at radius 2 is 1.84 bits per heavy atom. The monoisotopic (exact) mass is 626 g/mol. The maximum atomic E-state index is 12.8. The topological polar surface area (TPSA) is 108 Å². The molecular formula is C33H43ClN4O6. The average molecular weight is 627 g/mol. The number of halogens is 1. The van der Waals surface area contributed by atoms with Crippen LogP contribution in [0.5, 0.6) is 5.75 Å². The highest BCUT2D eigenvalue weighted by Crippen LogP contribution is 2.35. The lowest BCUT2D eigenvalue weighted by Gasteiger charge is -2.45. The second-order valence-corrected chi connectivity index (χ2v) is 13.4. The molecule has 3 heterocycles. The van der Waals surface area contributed by atoms with Crippen LogP contribution in [0.3, 0.4) is 0 Å². The summed E-state index contributed by atoms with van der Waals surface area (Å²) in [6.45, 7) is 13.9. The first-order valence-electron chi connectivity index (χ1n) is 15.3. The fourth-order valence-electron chi connectivity index (χ4n) is 5.31. The van der Waals surface area contributed by atoms with Crippen molar-refractivity contribution >= 4 is 23.4 Å². The van der Waals surface area contributed by atoms with E-state index in [1.165, 1.54) is 0 Å². The number of carbonyl (C=O) groups is 1. The van der Waals surface area contributed by atoms with Crippen LogP contribution in [0.2, 0.25) is 5.02 Å². The van der Waals surface area contributed by atoms with E-state index in [1.807, 2.05) is 52.8 Å². The van der Waals surface area contributed by atoms with E-state index >= 15 is 0 Å². The number of hydrogen-bond acceptors (Lipinski definition) is 9. The first-order valence-corrected chi connectivity index (χ1v) is 15.7. The summed E-state index contributed by atoms with van der Waals surface area (Å²) in [5.41, 5.74) is 2.42. The molecule has 3 aromatic rings. The second kappa shape index (κ2) is 12.9. The van der Waals surface area contributed by atoms with E-state index in [4.69, 9.17) is 35.1 Å². The molecule has 10 nitrogen and oxygen atoms in total. The van der Waals surface area contributed by atoms with Gasteiger partial charge in [-0.2, -0.15) is 4.98 Å². The SMILES string of the molecule is CCCCCOc1ccc(-c2nc(-c3ccc4c(c3)CCN4CC3(NC(=O)OC(C)(C)C)COC(C)(C)OC3)no2)cc1Cl. The Morgan fingerprint density at radius 1 is 1.09 bits per heavy atom. The van der Waals surface area contributed by atoms with Gasteiger partial charge in [0.05, 0.1) is 24.8 Å². The third-order valence-electron chi connectivity index (χ3n) is 7.59. The first-order chi connectivity index (χ1) is 20.9. The number of anilines is 1. The Labute approximate surface area is 264 Å². The Hall–Kier alpha value is -3.34. The van der Waals surface area contributed by atoms with Crippen LogP contribution >= 0.6 is 11.6 Å². The second-order valence-electron chi connectivity index (χ2n) is 13.0. The summed E-state index contributed by atoms with van der Waals surface area (Å²) >= 11 is 6.48. The number of aromatic nitrogens is 2. The fourth-order valence-corrected chi connectivity index (χ4v) is 5.55. The third kappa shape index (κ3) is 7.83. The van der Waals surface area contributed by atoms with Crippen molar-refractivity contribution in [2.24, 2.45) is 0 Å². The number of nitrogens with one attached hydrogen (secondary N) is 1. The molecule has 1 aromatic heterocycles. The number of alkyl carbamates (subject to hydrolysis) is 1. The summed E-state index contributed by atoms with van der Waals surface area (Å²) in [6.07, 6.45) is 3.58. The molecule has 0 atom stereocenters. The number of rotatable bonds is 10. The molecule has 238 valence electrons. The van der Waals surface area contributed by atoms with Crippen LogP contribution in [-0.4, -0.2) is 66.1 Å². The average Bonchev–Trinajstić information content (AvgIpc) is 3.60. The molecule has 1 amide bonds. The molecule has 0 bridgehead atoms. The van der Waals surface area contributed by atoms with Crippen molar-refractivity contribution in [2.75, 3.05) is 37.8 Å². The molecule has 0 aliphatic carbocycles. The van der Waals surface area contributed by atoms with Gasteiger partial charge < -0.3 is 33.7 Å². The first kappa shape index (κ1) is 32.1. The smallest absolute Gasteiger partial charge is 0.408 e. The summed E-state index contributed by atoms with van der Waals surface area (Å²) in [5.74, 6) is 0.802. The van der Waals surface area contributed by atoms with Gasteiger partial charge in [-0.15, -0.1) is 0 Å². The number of hydrogen-bond donors (Lipinski definition) is 1. The van der Waals surface area contributed by atoms with E-state index in [0.29, 0.717) is 48.9 Å². The van der Waals surface area contributed by atoms with Gasteiger partial charge in [0.1, 0.15) is 16.9 Å². The van der Waals surface area contributed by atoms with E-state index in [2.05, 4.69) is 39.4 Å². The highest BCUT2D eigenvalue weighted by molar-refractivity contribution is 6.32. The number of ether oxygens (including phenoxy) is 4. The van der Waals surface area contributed by atoms with Gasteiger partial charge in [0.25, 0.3) is 5.89 Å². The molecule has 5 rings (SSSR count). The van der Waals surface area contributed by atoms with Gasteiger partial charge in [0, 0.05) is 29.9 Å². The lowest BCUT2D eigenvalue weighted by atomic mass is 9.99. The summed E-state index contributed by atoms with van der Waals surface area (Å²) in [4.78, 5) is 19.7. The number of carbonyl (C=O) groups excluding carboxylic acids is 1. The molecule has 1 N–H and O–H groups in total. The van der Waals surface area contributed by atoms with Gasteiger partial charge in [-0.1, -0.05) is 36.5 Å². The van der Waals surface area contributed by atoms with Crippen molar-refractivity contribution < 1.29 is 28.3 Å². The zero-order valence-corrected chi connectivity index (χ0v) is 27.3. The van der Waals surface area contributed by atoms with E-state index in [0.717, 1.165) is 54.6 Å². The largest absolute Gasteiger partial charge is 0.492 e. The molecule has 1 saturated heterocycles. The van der Waals surface area contributed by atoms with Crippen LogP contribution in [0.1, 0.15) is 66.4 Å². The minimum absolute atomic E-state index is 0.296. The van der Waals surface area contributed by atoms with E-state index in [9.17, 15) is 4.79 Å². The number of fused-ring (bicyclic) bond motifs is 1. The highest BCUT2D eigenvalue weighted by Gasteiger charge is 2.44. The van der Waals surface area contributed by atoms with Gasteiger partial charge >= 0.3 is 6.09 Å². The normalized spacial score (nSPS) is 17.3. The molecule has 0 unspecified atom stereocenters. The fraction of sp³-hybridized carbons (Fsp3) is 0.545. The molecule has 0 radical (unpaired) electrons. The summed E-state index contributed by atoms with van der Waals surface area (Å²) in [5, 5.41) is 7.81. The third-order valence-corrected chi connectivity index (χ3v) is 7.89. The van der Waals surface area contributed by atoms with E-state index in [1.54, 1.807) is 6.07 Å². The number of amides is 1. The molecule has 1 fully saturated rings. The van der Waals surface area contributed by atoms with Crippen LogP contribution in [0.25, 0.3) is 22.8 Å². The minimum atomic E-state index is -0.780. The van der Waals surface area contributed by atoms with Crippen molar-refractivity contribution in [1.82, 2.24) is 15.5 Å². The van der Waals surface area contributed by atoms with Crippen molar-refractivity contribution in [2.45, 2.75) is 84.2 Å². The molecule has 44 heavy (non-hydrogen) atoms. The highest BCUT2D eigenvalue weighted by atomic mass is 35.5. The standard InChI is InChI=1S/C33H43ClN4O6/c1-7-8-9-16-40-27-13-11-24(18-25(27)34)29-35-28(37-44-29)23-10-12-26-22(17-23)14-15-38(26)19-33(20-41-32(5,6)42-21-33)36-30(39)43-31(2,3)4/h10-13,17-18H,7-9,14-16,19-21H2,1-6H3,(H,36,39). The van der Waals surface area contributed by atoms with Crippen LogP contribution in [0.4, 0.5) is 10.5 Å². The Bertz CT molecular complexity index is 1460. The Kier molecular flexibility index (Phi) is 9.44. The maximum Gasteiger partial charge on any atom is 0.408 e. The van der Waals surface area contributed by atoms with Gasteiger partial charge in [-0.25, -0.2) is 4.79 Å². The van der Waals surface area contributed by atoms with Crippen LogP contribution in [0, 0.1) is 0 Å². The Balaban J connectivity index is 1.29. The van der Waals surface area contributed by atoms with Crippen molar-refractivity contribution in [3.8, 4) is 28.6 Å². The van der Waals surface area contributed by atoms with Crippen LogP contribution in [0.15, 0.2) is 40.9 Å². The van der Waals surface area contributed by atoms with Crippen molar-refractivity contribution in [3.63, 3.8) is 0 Å². The number of unbranched alkanes of at least 4 members (excludes halogenated alkanes) is 2. The van der Waals surface area contributed by atoms with E-state index < -0.39 is 23.0 Å². The summed E-state index contributed by atoms with van der Waals surface area (Å²) in [7, 11) is 0. The molecule has 2 aromatic carbocycles. The quantitative estimate of drug-likeness (QED) is 0.237. The number of benzene rings is 2. The minimum Gasteiger partial charge on any atom is -0.492 e. The molecule has 2 aliphatic rings. The van der Waals surface area contributed by atoms with Gasteiger partial charge in [0.2, 0.25) is 5.82 Å². The summed E-state index contributed by atoms with van der Waals surface area (Å²) < 4.78 is 29.0. The lowest BCUT2D eigenvalue weighted by molar-refractivity contribution is -0.269. The van der Waals surface area contributed by atoms with Crippen molar-refractivity contribution in [1.29, 1.82) is 0 Å².